The molecule has 3 aromatic rings. The van der Waals surface area contributed by atoms with Crippen LogP contribution in [0.1, 0.15) is 31.1 Å². The van der Waals surface area contributed by atoms with Crippen LogP contribution >= 0.6 is 11.8 Å². The Morgan fingerprint density at radius 3 is 2.64 bits per heavy atom. The predicted molar refractivity (Wildman–Crippen MR) is 107 cm³/mol. The van der Waals surface area contributed by atoms with Crippen molar-refractivity contribution in [3.8, 4) is 11.6 Å². The van der Waals surface area contributed by atoms with Gasteiger partial charge < -0.3 is 14.8 Å². The van der Waals surface area contributed by atoms with Gasteiger partial charge in [0.1, 0.15) is 5.76 Å². The molecule has 3 rings (SSSR count). The third-order valence-electron chi connectivity index (χ3n) is 4.03. The van der Waals surface area contributed by atoms with Crippen molar-refractivity contribution in [1.29, 1.82) is 0 Å². The number of hydrogen-bond acceptors (Lipinski definition) is 6. The smallest absolute Gasteiger partial charge is 0.266 e. The standard InChI is InChI=1S/C20H21N3O4S/c1-13(2)17-18(25)22-20(23(19(17)26)14-7-4-3-5-8-14)28-12-16(24)21-11-15-9-6-10-27-15/h3-10,13,25H,11-12H2,1-2H3,(H,21,24). The topological polar surface area (TPSA) is 97.4 Å². The van der Waals surface area contributed by atoms with Crippen molar-refractivity contribution in [3.63, 3.8) is 0 Å². The summed E-state index contributed by atoms with van der Waals surface area (Å²) in [5, 5.41) is 13.3. The number of aromatic hydroxyl groups is 1. The molecule has 0 saturated heterocycles. The number of furan rings is 1. The molecule has 0 aliphatic rings. The molecule has 0 unspecified atom stereocenters. The van der Waals surface area contributed by atoms with Crippen LogP contribution in [0.25, 0.3) is 5.69 Å². The van der Waals surface area contributed by atoms with E-state index in [1.54, 1.807) is 24.3 Å². The van der Waals surface area contributed by atoms with Crippen LogP contribution in [0, 0.1) is 0 Å². The van der Waals surface area contributed by atoms with Crippen LogP contribution in [0.15, 0.2) is 63.1 Å². The summed E-state index contributed by atoms with van der Waals surface area (Å²) < 4.78 is 6.61. The van der Waals surface area contributed by atoms with Gasteiger partial charge in [-0.05, 0) is 30.2 Å². The third-order valence-corrected chi connectivity index (χ3v) is 4.97. The number of nitrogens with one attached hydrogen (secondary N) is 1. The van der Waals surface area contributed by atoms with Gasteiger partial charge in [-0.3, -0.25) is 14.2 Å². The van der Waals surface area contributed by atoms with E-state index in [1.807, 2.05) is 32.0 Å². The number of para-hydroxylation sites is 1. The molecular formula is C20H21N3O4S. The number of hydrogen-bond donors (Lipinski definition) is 2. The Kier molecular flexibility index (Phi) is 6.20. The van der Waals surface area contributed by atoms with Gasteiger partial charge >= 0.3 is 0 Å². The maximum Gasteiger partial charge on any atom is 0.266 e. The van der Waals surface area contributed by atoms with Crippen LogP contribution in [0.5, 0.6) is 5.88 Å². The lowest BCUT2D eigenvalue weighted by molar-refractivity contribution is -0.118. The average molecular weight is 399 g/mol. The van der Waals surface area contributed by atoms with Crippen LogP contribution < -0.4 is 10.9 Å². The molecule has 1 amide bonds. The van der Waals surface area contributed by atoms with Gasteiger partial charge in [-0.25, -0.2) is 0 Å². The summed E-state index contributed by atoms with van der Waals surface area (Å²) in [6.07, 6.45) is 1.54. The van der Waals surface area contributed by atoms with Crippen LogP contribution in [0.2, 0.25) is 0 Å². The minimum absolute atomic E-state index is 0.0421. The summed E-state index contributed by atoms with van der Waals surface area (Å²) in [7, 11) is 0. The van der Waals surface area contributed by atoms with Crippen molar-refractivity contribution in [2.45, 2.75) is 31.5 Å². The first-order valence-electron chi connectivity index (χ1n) is 8.80. The highest BCUT2D eigenvalue weighted by molar-refractivity contribution is 7.99. The molecule has 2 aromatic heterocycles. The molecule has 146 valence electrons. The fourth-order valence-electron chi connectivity index (χ4n) is 2.69. The first kappa shape index (κ1) is 19.8. The molecule has 0 bridgehead atoms. The number of carbonyl (C=O) groups excluding carboxylic acids is 1. The van der Waals surface area contributed by atoms with Crippen molar-refractivity contribution in [2.24, 2.45) is 0 Å². The number of nitrogens with zero attached hydrogens (tertiary/aromatic N) is 2. The van der Waals surface area contributed by atoms with E-state index in [9.17, 15) is 14.7 Å². The molecule has 1 aromatic carbocycles. The molecule has 0 atom stereocenters. The zero-order chi connectivity index (χ0) is 20.1. The summed E-state index contributed by atoms with van der Waals surface area (Å²) in [5.74, 6) is -0.0314. The van der Waals surface area contributed by atoms with Gasteiger partial charge in [0.2, 0.25) is 11.8 Å². The van der Waals surface area contributed by atoms with Gasteiger partial charge in [0.25, 0.3) is 5.56 Å². The van der Waals surface area contributed by atoms with E-state index in [0.717, 1.165) is 11.8 Å². The van der Waals surface area contributed by atoms with Crippen LogP contribution in [0.4, 0.5) is 0 Å². The normalized spacial score (nSPS) is 11.0. The highest BCUT2D eigenvalue weighted by atomic mass is 32.2. The first-order valence-corrected chi connectivity index (χ1v) is 9.79. The summed E-state index contributed by atoms with van der Waals surface area (Å²) >= 11 is 1.09. The maximum absolute atomic E-state index is 13.0. The van der Waals surface area contributed by atoms with E-state index >= 15 is 0 Å². The second kappa shape index (κ2) is 8.79. The van der Waals surface area contributed by atoms with E-state index in [0.29, 0.717) is 11.4 Å². The Hall–Kier alpha value is -3.00. The van der Waals surface area contributed by atoms with E-state index in [-0.39, 0.29) is 46.3 Å². The summed E-state index contributed by atoms with van der Waals surface area (Å²) in [6, 6.07) is 12.6. The summed E-state index contributed by atoms with van der Waals surface area (Å²) in [4.78, 5) is 29.4. The van der Waals surface area contributed by atoms with Gasteiger partial charge in [0.15, 0.2) is 5.16 Å². The van der Waals surface area contributed by atoms with Crippen molar-refractivity contribution >= 4 is 17.7 Å². The highest BCUT2D eigenvalue weighted by Crippen LogP contribution is 2.26. The number of benzene rings is 1. The molecule has 0 radical (unpaired) electrons. The second-order valence-corrected chi connectivity index (χ2v) is 7.35. The monoisotopic (exact) mass is 399 g/mol. The SMILES string of the molecule is CC(C)c1c(O)nc(SCC(=O)NCc2ccco2)n(-c2ccccc2)c1=O. The van der Waals surface area contributed by atoms with Crippen molar-refractivity contribution < 1.29 is 14.3 Å². The van der Waals surface area contributed by atoms with Gasteiger partial charge in [-0.2, -0.15) is 4.98 Å². The Morgan fingerprint density at radius 2 is 2.00 bits per heavy atom. The zero-order valence-corrected chi connectivity index (χ0v) is 16.4. The quantitative estimate of drug-likeness (QED) is 0.468. The summed E-state index contributed by atoms with van der Waals surface area (Å²) in [6.45, 7) is 3.92. The van der Waals surface area contributed by atoms with E-state index in [4.69, 9.17) is 4.42 Å². The molecule has 0 fully saturated rings. The molecule has 8 heteroatoms. The lowest BCUT2D eigenvalue weighted by atomic mass is 10.1. The molecule has 7 nitrogen and oxygen atoms in total. The fourth-order valence-corrected chi connectivity index (χ4v) is 3.52. The Balaban J connectivity index is 1.85. The number of carbonyl (C=O) groups is 1. The van der Waals surface area contributed by atoms with E-state index in [1.165, 1.54) is 10.8 Å². The van der Waals surface area contributed by atoms with Crippen molar-refractivity contribution in [3.05, 3.63) is 70.4 Å². The van der Waals surface area contributed by atoms with Crippen LogP contribution in [-0.4, -0.2) is 26.3 Å². The largest absolute Gasteiger partial charge is 0.493 e. The maximum atomic E-state index is 13.0. The zero-order valence-electron chi connectivity index (χ0n) is 15.6. The first-order chi connectivity index (χ1) is 13.5. The second-order valence-electron chi connectivity index (χ2n) is 6.41. The highest BCUT2D eigenvalue weighted by Gasteiger charge is 2.20. The lowest BCUT2D eigenvalue weighted by Gasteiger charge is -2.16. The Labute approximate surface area is 166 Å². The summed E-state index contributed by atoms with van der Waals surface area (Å²) in [5.41, 5.74) is 0.531. The van der Waals surface area contributed by atoms with Gasteiger partial charge in [0.05, 0.1) is 29.8 Å². The third kappa shape index (κ3) is 4.45. The number of aromatic nitrogens is 2. The molecular weight excluding hydrogens is 378 g/mol. The Bertz CT molecular complexity index is 998. The number of amides is 1. The van der Waals surface area contributed by atoms with Gasteiger partial charge in [-0.15, -0.1) is 0 Å². The lowest BCUT2D eigenvalue weighted by Crippen LogP contribution is -2.28. The predicted octanol–water partition coefficient (Wildman–Crippen LogP) is 3.06. The fraction of sp³-hybridized carbons (Fsp3) is 0.250. The number of thioether (sulfide) groups is 1. The molecule has 2 heterocycles. The molecule has 0 spiro atoms. The number of rotatable bonds is 7. The van der Waals surface area contributed by atoms with Crippen LogP contribution in [-0.2, 0) is 11.3 Å². The molecule has 28 heavy (non-hydrogen) atoms. The van der Waals surface area contributed by atoms with Crippen molar-refractivity contribution in [2.75, 3.05) is 5.75 Å². The molecule has 0 aliphatic carbocycles. The van der Waals surface area contributed by atoms with E-state index in [2.05, 4.69) is 10.3 Å². The molecule has 0 saturated carbocycles. The van der Waals surface area contributed by atoms with Gasteiger partial charge in [-0.1, -0.05) is 43.8 Å². The Morgan fingerprint density at radius 1 is 1.25 bits per heavy atom. The minimum Gasteiger partial charge on any atom is -0.493 e. The minimum atomic E-state index is -0.341. The van der Waals surface area contributed by atoms with Gasteiger partial charge in [0, 0.05) is 0 Å². The molecule has 2 N–H and O–H groups in total. The van der Waals surface area contributed by atoms with Crippen LogP contribution in [0.3, 0.4) is 0 Å². The average Bonchev–Trinajstić information content (AvgIpc) is 3.18. The molecule has 0 aliphatic heterocycles. The van der Waals surface area contributed by atoms with E-state index < -0.39 is 0 Å². The van der Waals surface area contributed by atoms with Crippen molar-refractivity contribution in [1.82, 2.24) is 14.9 Å².